The van der Waals surface area contributed by atoms with Crippen LogP contribution in [0.15, 0.2) is 67.0 Å². The Hall–Kier alpha value is -3.41. The first-order chi connectivity index (χ1) is 12.2. The van der Waals surface area contributed by atoms with E-state index in [9.17, 15) is 9.59 Å². The number of hydrogen-bond acceptors (Lipinski definition) is 3. The molecule has 1 aromatic heterocycles. The van der Waals surface area contributed by atoms with Crippen LogP contribution in [0.5, 0.6) is 0 Å². The molecule has 0 spiro atoms. The zero-order chi connectivity index (χ0) is 17.6. The number of nitrogens with zero attached hydrogens (tertiary/aromatic N) is 2. The van der Waals surface area contributed by atoms with Crippen LogP contribution in [0.3, 0.4) is 0 Å². The molecule has 1 heterocycles. The van der Waals surface area contributed by atoms with Gasteiger partial charge in [-0.2, -0.15) is 5.10 Å². The van der Waals surface area contributed by atoms with Gasteiger partial charge in [0.1, 0.15) is 0 Å². The zero-order valence-corrected chi connectivity index (χ0v) is 13.8. The average Bonchev–Trinajstić information content (AvgIpc) is 3.18. The van der Waals surface area contributed by atoms with Crippen molar-refractivity contribution in [2.75, 3.05) is 12.4 Å². The van der Waals surface area contributed by atoms with Crippen molar-refractivity contribution in [1.29, 1.82) is 0 Å². The number of nitrogens with one attached hydrogen (secondary N) is 2. The quantitative estimate of drug-likeness (QED) is 0.752. The summed E-state index contributed by atoms with van der Waals surface area (Å²) in [7, 11) is 1.61. The van der Waals surface area contributed by atoms with Gasteiger partial charge in [-0.1, -0.05) is 24.3 Å². The van der Waals surface area contributed by atoms with E-state index in [1.807, 2.05) is 30.3 Å². The van der Waals surface area contributed by atoms with Gasteiger partial charge >= 0.3 is 0 Å². The van der Waals surface area contributed by atoms with Crippen LogP contribution in [0.4, 0.5) is 5.69 Å². The van der Waals surface area contributed by atoms with Crippen molar-refractivity contribution < 1.29 is 9.59 Å². The molecule has 0 aliphatic carbocycles. The van der Waals surface area contributed by atoms with E-state index < -0.39 is 0 Å². The first-order valence-electron chi connectivity index (χ1n) is 7.87. The normalized spacial score (nSPS) is 10.3. The number of rotatable bonds is 5. The number of anilines is 1. The number of benzene rings is 2. The number of carbonyl (C=O) groups excluding carboxylic acids is 2. The van der Waals surface area contributed by atoms with E-state index in [0.717, 1.165) is 5.56 Å². The molecule has 0 saturated carbocycles. The highest BCUT2D eigenvalue weighted by atomic mass is 16.2. The number of hydrogen-bond donors (Lipinski definition) is 2. The Labute approximate surface area is 145 Å². The second-order valence-corrected chi connectivity index (χ2v) is 5.47. The van der Waals surface area contributed by atoms with E-state index in [-0.39, 0.29) is 11.8 Å². The Morgan fingerprint density at radius 3 is 2.48 bits per heavy atom. The molecule has 3 rings (SSSR count). The summed E-state index contributed by atoms with van der Waals surface area (Å²) >= 11 is 0. The van der Waals surface area contributed by atoms with E-state index in [1.54, 1.807) is 48.4 Å². The fraction of sp³-hybridized carbons (Fsp3) is 0.105. The summed E-state index contributed by atoms with van der Waals surface area (Å²) in [4.78, 5) is 24.0. The molecule has 3 aromatic rings. The molecule has 0 radical (unpaired) electrons. The predicted molar refractivity (Wildman–Crippen MR) is 95.7 cm³/mol. The average molecular weight is 334 g/mol. The summed E-state index contributed by atoms with van der Waals surface area (Å²) in [6, 6.07) is 16.3. The molecule has 6 heteroatoms. The van der Waals surface area contributed by atoms with Crippen LogP contribution in [-0.4, -0.2) is 28.6 Å². The lowest BCUT2D eigenvalue weighted by Crippen LogP contribution is -2.20. The molecule has 0 bridgehead atoms. The largest absolute Gasteiger partial charge is 0.359 e. The van der Waals surface area contributed by atoms with Gasteiger partial charge in [-0.25, -0.2) is 4.68 Å². The second-order valence-electron chi connectivity index (χ2n) is 5.47. The number of carbonyl (C=O) groups is 2. The van der Waals surface area contributed by atoms with Crippen molar-refractivity contribution in [1.82, 2.24) is 15.1 Å². The minimum atomic E-state index is -0.217. The smallest absolute Gasteiger partial charge is 0.257 e. The summed E-state index contributed by atoms with van der Waals surface area (Å²) in [6.07, 6.45) is 3.77. The summed E-state index contributed by atoms with van der Waals surface area (Å²) < 4.78 is 1.65. The number of likely N-dealkylation sites (N-methyl/N-ethyl adjacent to an activating group) is 1. The molecule has 25 heavy (non-hydrogen) atoms. The van der Waals surface area contributed by atoms with Crippen LogP contribution in [0.25, 0.3) is 5.69 Å². The molecule has 6 nitrogen and oxygen atoms in total. The first-order valence-corrected chi connectivity index (χ1v) is 7.87. The minimum Gasteiger partial charge on any atom is -0.359 e. The third-order valence-electron chi connectivity index (χ3n) is 3.76. The maximum absolute atomic E-state index is 12.6. The van der Waals surface area contributed by atoms with Gasteiger partial charge in [0.05, 0.1) is 17.7 Å². The number of aromatic nitrogens is 2. The third kappa shape index (κ3) is 3.92. The Kier molecular flexibility index (Phi) is 4.89. The number of para-hydroxylation sites is 1. The van der Waals surface area contributed by atoms with Gasteiger partial charge in [0.2, 0.25) is 5.91 Å². The lowest BCUT2D eigenvalue weighted by atomic mass is 10.1. The van der Waals surface area contributed by atoms with Crippen molar-refractivity contribution in [2.24, 2.45) is 0 Å². The molecular formula is C19H18N4O2. The molecule has 0 aliphatic heterocycles. The van der Waals surface area contributed by atoms with E-state index in [0.29, 0.717) is 23.4 Å². The van der Waals surface area contributed by atoms with E-state index in [1.165, 1.54) is 0 Å². The lowest BCUT2D eigenvalue weighted by molar-refractivity contribution is -0.119. The Balaban J connectivity index is 1.76. The maximum atomic E-state index is 12.6. The van der Waals surface area contributed by atoms with Crippen molar-refractivity contribution >= 4 is 17.5 Å². The minimum absolute atomic E-state index is 0.0510. The summed E-state index contributed by atoms with van der Waals surface area (Å²) in [6.45, 7) is 0. The van der Waals surface area contributed by atoms with Gasteiger partial charge in [-0.15, -0.1) is 0 Å². The van der Waals surface area contributed by atoms with Crippen LogP contribution in [0, 0.1) is 0 Å². The van der Waals surface area contributed by atoms with Crippen molar-refractivity contribution in [3.8, 4) is 5.69 Å². The molecule has 0 fully saturated rings. The van der Waals surface area contributed by atoms with Gasteiger partial charge in [0.25, 0.3) is 5.91 Å². The Bertz CT molecular complexity index is 871. The monoisotopic (exact) mass is 334 g/mol. The predicted octanol–water partition coefficient (Wildman–Crippen LogP) is 2.41. The zero-order valence-electron chi connectivity index (χ0n) is 13.8. The summed E-state index contributed by atoms with van der Waals surface area (Å²) in [5.41, 5.74) is 2.79. The highest BCUT2D eigenvalue weighted by Crippen LogP contribution is 2.17. The van der Waals surface area contributed by atoms with Crippen LogP contribution >= 0.6 is 0 Å². The van der Waals surface area contributed by atoms with Gasteiger partial charge in [0, 0.05) is 25.1 Å². The molecular weight excluding hydrogens is 316 g/mol. The molecule has 0 aliphatic rings. The van der Waals surface area contributed by atoms with E-state index in [2.05, 4.69) is 15.7 Å². The summed E-state index contributed by atoms with van der Waals surface area (Å²) in [5, 5.41) is 9.64. The van der Waals surface area contributed by atoms with Crippen molar-refractivity contribution in [2.45, 2.75) is 6.42 Å². The van der Waals surface area contributed by atoms with Crippen LogP contribution < -0.4 is 10.6 Å². The highest BCUT2D eigenvalue weighted by molar-refractivity contribution is 6.06. The van der Waals surface area contributed by atoms with E-state index in [4.69, 9.17) is 0 Å². The van der Waals surface area contributed by atoms with Gasteiger partial charge in [-0.05, 0) is 35.9 Å². The number of amides is 2. The van der Waals surface area contributed by atoms with Gasteiger partial charge in [-0.3, -0.25) is 9.59 Å². The summed E-state index contributed by atoms with van der Waals surface area (Å²) in [5.74, 6) is -0.268. The first kappa shape index (κ1) is 16.4. The lowest BCUT2D eigenvalue weighted by Gasteiger charge is -2.10. The SMILES string of the molecule is CNC(=O)Cc1ccc(NC(=O)c2ccccc2-n2cccn2)cc1. The van der Waals surface area contributed by atoms with Gasteiger partial charge in [0.15, 0.2) is 0 Å². The molecule has 126 valence electrons. The maximum Gasteiger partial charge on any atom is 0.257 e. The van der Waals surface area contributed by atoms with Gasteiger partial charge < -0.3 is 10.6 Å². The Morgan fingerprint density at radius 2 is 1.80 bits per heavy atom. The van der Waals surface area contributed by atoms with Crippen LogP contribution in [0.1, 0.15) is 15.9 Å². The molecule has 0 unspecified atom stereocenters. The van der Waals surface area contributed by atoms with Crippen molar-refractivity contribution in [3.05, 3.63) is 78.1 Å². The second kappa shape index (κ2) is 7.44. The fourth-order valence-corrected chi connectivity index (χ4v) is 2.45. The fourth-order valence-electron chi connectivity index (χ4n) is 2.45. The molecule has 2 aromatic carbocycles. The highest BCUT2D eigenvalue weighted by Gasteiger charge is 2.13. The topological polar surface area (TPSA) is 76.0 Å². The molecule has 2 N–H and O–H groups in total. The standard InChI is InChI=1S/C19H18N4O2/c1-20-18(24)13-14-7-9-15(10-8-14)22-19(25)16-5-2-3-6-17(16)23-12-4-11-21-23/h2-12H,13H2,1H3,(H,20,24)(H,22,25). The van der Waals surface area contributed by atoms with Crippen LogP contribution in [-0.2, 0) is 11.2 Å². The van der Waals surface area contributed by atoms with E-state index >= 15 is 0 Å². The third-order valence-corrected chi connectivity index (χ3v) is 3.76. The van der Waals surface area contributed by atoms with Crippen molar-refractivity contribution in [3.63, 3.8) is 0 Å². The molecule has 2 amide bonds. The molecule has 0 atom stereocenters. The molecule has 0 saturated heterocycles. The Morgan fingerprint density at radius 1 is 1.04 bits per heavy atom. The van der Waals surface area contributed by atoms with Crippen LogP contribution in [0.2, 0.25) is 0 Å².